The van der Waals surface area contributed by atoms with Crippen molar-refractivity contribution in [2.75, 3.05) is 11.4 Å². The molecule has 0 amide bonds. The van der Waals surface area contributed by atoms with Gasteiger partial charge in [-0.1, -0.05) is 24.3 Å². The second-order valence-electron chi connectivity index (χ2n) is 4.36. The number of anilines is 1. The lowest BCUT2D eigenvalue weighted by Crippen LogP contribution is -2.34. The van der Waals surface area contributed by atoms with E-state index in [1.807, 2.05) is 31.2 Å². The van der Waals surface area contributed by atoms with Gasteiger partial charge in [0.2, 0.25) is 0 Å². The molecule has 3 heteroatoms. The lowest BCUT2D eigenvalue weighted by atomic mass is 10.2. The SMILES string of the molecule is C=CN/C(=C\C)CN(c1ccc(Cl)cc1)C(C)C. The number of nitrogens with one attached hydrogen (secondary N) is 1. The topological polar surface area (TPSA) is 15.3 Å². The van der Waals surface area contributed by atoms with Gasteiger partial charge in [-0.3, -0.25) is 0 Å². The molecule has 0 unspecified atom stereocenters. The summed E-state index contributed by atoms with van der Waals surface area (Å²) < 4.78 is 0. The maximum atomic E-state index is 5.92. The molecule has 1 aromatic rings. The summed E-state index contributed by atoms with van der Waals surface area (Å²) in [6.07, 6.45) is 3.77. The number of rotatable bonds is 6. The van der Waals surface area contributed by atoms with Crippen LogP contribution in [0.3, 0.4) is 0 Å². The van der Waals surface area contributed by atoms with Crippen LogP contribution in [0.4, 0.5) is 5.69 Å². The van der Waals surface area contributed by atoms with Crippen molar-refractivity contribution in [3.63, 3.8) is 0 Å². The van der Waals surface area contributed by atoms with E-state index in [4.69, 9.17) is 11.6 Å². The van der Waals surface area contributed by atoms with E-state index in [2.05, 4.69) is 36.7 Å². The van der Waals surface area contributed by atoms with E-state index in [-0.39, 0.29) is 0 Å². The van der Waals surface area contributed by atoms with Crippen LogP contribution >= 0.6 is 11.6 Å². The van der Waals surface area contributed by atoms with Gasteiger partial charge in [0.1, 0.15) is 0 Å². The van der Waals surface area contributed by atoms with Gasteiger partial charge in [-0.25, -0.2) is 0 Å². The minimum atomic E-state index is 0.410. The van der Waals surface area contributed by atoms with Crippen molar-refractivity contribution in [1.82, 2.24) is 5.32 Å². The first-order valence-corrected chi connectivity index (χ1v) is 6.51. The molecule has 0 saturated carbocycles. The van der Waals surface area contributed by atoms with E-state index in [9.17, 15) is 0 Å². The molecule has 0 aliphatic rings. The third-order valence-corrected chi connectivity index (χ3v) is 3.01. The standard InChI is InChI=1S/C15H21ClN2/c1-5-14(17-6-2)11-18(12(3)4)15-9-7-13(16)8-10-15/h5-10,12,17H,2,11H2,1,3-4H3/b14-5-. The van der Waals surface area contributed by atoms with Gasteiger partial charge in [-0.05, 0) is 51.2 Å². The predicted molar refractivity (Wildman–Crippen MR) is 81.0 cm³/mol. The number of allylic oxidation sites excluding steroid dienone is 1. The molecule has 0 saturated heterocycles. The van der Waals surface area contributed by atoms with Gasteiger partial charge >= 0.3 is 0 Å². The predicted octanol–water partition coefficient (Wildman–Crippen LogP) is 4.19. The monoisotopic (exact) mass is 264 g/mol. The van der Waals surface area contributed by atoms with Crippen LogP contribution in [0.15, 0.2) is 48.8 Å². The quantitative estimate of drug-likeness (QED) is 0.829. The highest BCUT2D eigenvalue weighted by molar-refractivity contribution is 6.30. The van der Waals surface area contributed by atoms with Gasteiger partial charge in [-0.15, -0.1) is 0 Å². The molecule has 18 heavy (non-hydrogen) atoms. The van der Waals surface area contributed by atoms with E-state index in [1.54, 1.807) is 6.20 Å². The third kappa shape index (κ3) is 4.11. The Balaban J connectivity index is 2.89. The first-order chi connectivity index (χ1) is 8.58. The van der Waals surface area contributed by atoms with Gasteiger partial charge in [0.25, 0.3) is 0 Å². The Kier molecular flexibility index (Phi) is 5.79. The fourth-order valence-corrected chi connectivity index (χ4v) is 1.87. The largest absolute Gasteiger partial charge is 0.364 e. The van der Waals surface area contributed by atoms with Crippen LogP contribution in [0.25, 0.3) is 0 Å². The van der Waals surface area contributed by atoms with Gasteiger partial charge in [-0.2, -0.15) is 0 Å². The van der Waals surface area contributed by atoms with Crippen LogP contribution in [0.5, 0.6) is 0 Å². The van der Waals surface area contributed by atoms with Gasteiger partial charge in [0.05, 0.1) is 6.54 Å². The molecule has 0 aliphatic carbocycles. The third-order valence-electron chi connectivity index (χ3n) is 2.76. The summed E-state index contributed by atoms with van der Waals surface area (Å²) in [5.74, 6) is 0. The maximum absolute atomic E-state index is 5.92. The Morgan fingerprint density at radius 3 is 2.44 bits per heavy atom. The van der Waals surface area contributed by atoms with Crippen molar-refractivity contribution >= 4 is 17.3 Å². The summed E-state index contributed by atoms with van der Waals surface area (Å²) in [5.41, 5.74) is 2.30. The Morgan fingerprint density at radius 1 is 1.39 bits per heavy atom. The molecule has 1 N–H and O–H groups in total. The highest BCUT2D eigenvalue weighted by Gasteiger charge is 2.11. The van der Waals surface area contributed by atoms with E-state index < -0.39 is 0 Å². The Labute approximate surface area is 115 Å². The molecule has 98 valence electrons. The van der Waals surface area contributed by atoms with Crippen LogP contribution in [0.2, 0.25) is 5.02 Å². The zero-order valence-corrected chi connectivity index (χ0v) is 12.0. The highest BCUT2D eigenvalue weighted by Crippen LogP contribution is 2.20. The van der Waals surface area contributed by atoms with Gasteiger partial charge < -0.3 is 10.2 Å². The van der Waals surface area contributed by atoms with Crippen LogP contribution in [0.1, 0.15) is 20.8 Å². The summed E-state index contributed by atoms with van der Waals surface area (Å²) in [6.45, 7) is 10.9. The second-order valence-corrected chi connectivity index (χ2v) is 4.80. The first kappa shape index (κ1) is 14.7. The Hall–Kier alpha value is -1.41. The van der Waals surface area contributed by atoms with Crippen molar-refractivity contribution in [1.29, 1.82) is 0 Å². The van der Waals surface area contributed by atoms with E-state index in [0.29, 0.717) is 6.04 Å². The van der Waals surface area contributed by atoms with Crippen molar-refractivity contribution < 1.29 is 0 Å². The first-order valence-electron chi connectivity index (χ1n) is 6.13. The van der Waals surface area contributed by atoms with Crippen LogP contribution in [-0.2, 0) is 0 Å². The zero-order valence-electron chi connectivity index (χ0n) is 11.3. The second kappa shape index (κ2) is 7.12. The normalized spacial score (nSPS) is 11.5. The average Bonchev–Trinajstić information content (AvgIpc) is 2.35. The van der Waals surface area contributed by atoms with E-state index in [0.717, 1.165) is 17.3 Å². The molecule has 2 nitrogen and oxygen atoms in total. The zero-order chi connectivity index (χ0) is 13.5. The van der Waals surface area contributed by atoms with Gasteiger partial charge in [0.15, 0.2) is 0 Å². The van der Waals surface area contributed by atoms with E-state index >= 15 is 0 Å². The Morgan fingerprint density at radius 2 is 2.00 bits per heavy atom. The molecule has 0 aliphatic heterocycles. The molecule has 0 aromatic heterocycles. The Bertz CT molecular complexity index is 407. The molecule has 0 spiro atoms. The molecule has 0 bridgehead atoms. The van der Waals surface area contributed by atoms with E-state index in [1.165, 1.54) is 5.69 Å². The van der Waals surface area contributed by atoms with Crippen molar-refractivity contribution in [2.24, 2.45) is 0 Å². The lowest BCUT2D eigenvalue weighted by molar-refractivity contribution is 0.699. The minimum absolute atomic E-state index is 0.410. The molecular weight excluding hydrogens is 244 g/mol. The molecule has 0 atom stereocenters. The van der Waals surface area contributed by atoms with Gasteiger partial charge in [0, 0.05) is 22.4 Å². The number of nitrogens with zero attached hydrogens (tertiary/aromatic N) is 1. The maximum Gasteiger partial charge on any atom is 0.0579 e. The van der Waals surface area contributed by atoms with Crippen molar-refractivity contribution in [2.45, 2.75) is 26.8 Å². The number of benzene rings is 1. The summed E-state index contributed by atoms with van der Waals surface area (Å²) in [7, 11) is 0. The minimum Gasteiger partial charge on any atom is -0.364 e. The van der Waals surface area contributed by atoms with Crippen molar-refractivity contribution in [3.05, 3.63) is 53.8 Å². The van der Waals surface area contributed by atoms with Crippen molar-refractivity contribution in [3.8, 4) is 0 Å². The number of hydrogen-bond donors (Lipinski definition) is 1. The fourth-order valence-electron chi connectivity index (χ4n) is 1.74. The molecular formula is C15H21ClN2. The average molecular weight is 265 g/mol. The number of halogens is 1. The highest BCUT2D eigenvalue weighted by atomic mass is 35.5. The summed E-state index contributed by atoms with van der Waals surface area (Å²) in [5, 5.41) is 3.92. The molecule has 1 rings (SSSR count). The molecule has 0 radical (unpaired) electrons. The van der Waals surface area contributed by atoms with Crippen LogP contribution < -0.4 is 10.2 Å². The number of hydrogen-bond acceptors (Lipinski definition) is 2. The summed E-state index contributed by atoms with van der Waals surface area (Å²) in [4.78, 5) is 2.31. The molecule has 0 heterocycles. The molecule has 0 fully saturated rings. The summed E-state index contributed by atoms with van der Waals surface area (Å²) >= 11 is 5.92. The summed E-state index contributed by atoms with van der Waals surface area (Å²) in [6, 6.07) is 8.34. The smallest absolute Gasteiger partial charge is 0.0579 e. The lowest BCUT2D eigenvalue weighted by Gasteiger charge is -2.30. The fraction of sp³-hybridized carbons (Fsp3) is 0.333. The molecule has 1 aromatic carbocycles. The van der Waals surface area contributed by atoms with Crippen LogP contribution in [0, 0.1) is 0 Å². The van der Waals surface area contributed by atoms with Crippen LogP contribution in [-0.4, -0.2) is 12.6 Å².